The molecule has 9 heteroatoms. The first-order valence-corrected chi connectivity index (χ1v) is 10.6. The van der Waals surface area contributed by atoms with Crippen LogP contribution in [-0.2, 0) is 19.6 Å². The average molecular weight is 399 g/mol. The van der Waals surface area contributed by atoms with Gasteiger partial charge in [-0.1, -0.05) is 0 Å². The van der Waals surface area contributed by atoms with Crippen LogP contribution in [-0.4, -0.2) is 86.5 Å². The molecule has 2 saturated heterocycles. The van der Waals surface area contributed by atoms with Gasteiger partial charge in [-0.2, -0.15) is 4.31 Å². The minimum Gasteiger partial charge on any atom is -0.372 e. The topological polar surface area (TPSA) is 70.2 Å². The normalized spacial score (nSPS) is 25.5. The summed E-state index contributed by atoms with van der Waals surface area (Å²) >= 11 is 0. The molecular weight excluding hydrogens is 373 g/mol. The van der Waals surface area contributed by atoms with E-state index in [4.69, 9.17) is 4.74 Å². The van der Waals surface area contributed by atoms with E-state index in [0.717, 1.165) is 12.1 Å². The molecule has 2 fully saturated rings. The highest BCUT2D eigenvalue weighted by Gasteiger charge is 2.31. The Morgan fingerprint density at radius 3 is 2.19 bits per heavy atom. The third-order valence-corrected chi connectivity index (χ3v) is 6.83. The van der Waals surface area contributed by atoms with Crippen molar-refractivity contribution in [3.05, 3.63) is 30.1 Å². The number of amides is 1. The Morgan fingerprint density at radius 2 is 1.63 bits per heavy atom. The van der Waals surface area contributed by atoms with Crippen molar-refractivity contribution in [1.29, 1.82) is 0 Å². The Morgan fingerprint density at radius 1 is 1.07 bits per heavy atom. The minimum absolute atomic E-state index is 0.0235. The molecule has 27 heavy (non-hydrogen) atoms. The van der Waals surface area contributed by atoms with Crippen LogP contribution in [0.1, 0.15) is 13.8 Å². The molecule has 2 atom stereocenters. The lowest BCUT2D eigenvalue weighted by Crippen LogP contribution is -2.54. The second-order valence-electron chi connectivity index (χ2n) is 7.19. The molecule has 150 valence electrons. The van der Waals surface area contributed by atoms with Crippen molar-refractivity contribution in [2.24, 2.45) is 0 Å². The van der Waals surface area contributed by atoms with Crippen molar-refractivity contribution in [2.75, 3.05) is 45.8 Å². The van der Waals surface area contributed by atoms with E-state index in [-0.39, 0.29) is 29.6 Å². The van der Waals surface area contributed by atoms with Gasteiger partial charge in [-0.3, -0.25) is 9.69 Å². The Balaban J connectivity index is 1.54. The fourth-order valence-electron chi connectivity index (χ4n) is 3.56. The lowest BCUT2D eigenvalue weighted by Gasteiger charge is -2.38. The van der Waals surface area contributed by atoms with Gasteiger partial charge in [0.2, 0.25) is 15.9 Å². The fraction of sp³-hybridized carbons (Fsp3) is 0.611. The maximum absolute atomic E-state index is 13.0. The number of halogens is 1. The van der Waals surface area contributed by atoms with Crippen LogP contribution < -0.4 is 0 Å². The van der Waals surface area contributed by atoms with Gasteiger partial charge in [-0.25, -0.2) is 12.8 Å². The van der Waals surface area contributed by atoms with Gasteiger partial charge in [0.05, 0.1) is 23.6 Å². The van der Waals surface area contributed by atoms with Crippen LogP contribution in [0, 0.1) is 5.82 Å². The number of piperazine rings is 1. The van der Waals surface area contributed by atoms with Crippen LogP contribution >= 0.6 is 0 Å². The second-order valence-corrected chi connectivity index (χ2v) is 9.13. The molecule has 0 aromatic heterocycles. The van der Waals surface area contributed by atoms with E-state index in [1.807, 2.05) is 23.6 Å². The molecule has 3 rings (SSSR count). The summed E-state index contributed by atoms with van der Waals surface area (Å²) < 4.78 is 45.4. The number of benzene rings is 1. The lowest BCUT2D eigenvalue weighted by atomic mass is 10.2. The first-order valence-electron chi connectivity index (χ1n) is 9.17. The predicted molar refractivity (Wildman–Crippen MR) is 98.2 cm³/mol. The summed E-state index contributed by atoms with van der Waals surface area (Å²) in [6, 6.07) is 4.85. The molecule has 2 heterocycles. The maximum atomic E-state index is 13.0. The van der Waals surface area contributed by atoms with Crippen LogP contribution in [0.4, 0.5) is 4.39 Å². The van der Waals surface area contributed by atoms with Crippen molar-refractivity contribution in [3.63, 3.8) is 0 Å². The molecule has 2 aliphatic rings. The largest absolute Gasteiger partial charge is 0.372 e. The number of morpholine rings is 1. The monoisotopic (exact) mass is 399 g/mol. The van der Waals surface area contributed by atoms with Crippen molar-refractivity contribution in [1.82, 2.24) is 14.1 Å². The standard InChI is InChI=1S/C18H26FN3O4S/c1-14-11-21(12-15(2)26-14)18(23)13-20-7-9-22(10-8-20)27(24,25)17-5-3-16(19)4-6-17/h3-6,14-15H,7-13H2,1-2H3/t14-,15+. The summed E-state index contributed by atoms with van der Waals surface area (Å²) in [5, 5.41) is 0. The molecule has 0 spiro atoms. The summed E-state index contributed by atoms with van der Waals surface area (Å²) in [7, 11) is -3.64. The highest BCUT2D eigenvalue weighted by atomic mass is 32.2. The molecule has 1 aromatic carbocycles. The zero-order valence-electron chi connectivity index (χ0n) is 15.7. The smallest absolute Gasteiger partial charge is 0.243 e. The van der Waals surface area contributed by atoms with Crippen LogP contribution in [0.25, 0.3) is 0 Å². The number of sulfonamides is 1. The van der Waals surface area contributed by atoms with E-state index in [1.165, 1.54) is 16.4 Å². The number of carbonyl (C=O) groups is 1. The van der Waals surface area contributed by atoms with Gasteiger partial charge in [-0.05, 0) is 38.1 Å². The number of rotatable bonds is 4. The van der Waals surface area contributed by atoms with Gasteiger partial charge < -0.3 is 9.64 Å². The quantitative estimate of drug-likeness (QED) is 0.748. The molecule has 0 radical (unpaired) electrons. The highest BCUT2D eigenvalue weighted by molar-refractivity contribution is 7.89. The summed E-state index contributed by atoms with van der Waals surface area (Å²) in [6.07, 6.45) is 0.0470. The second kappa shape index (κ2) is 8.22. The van der Waals surface area contributed by atoms with Crippen LogP contribution in [0.3, 0.4) is 0 Å². The Kier molecular flexibility index (Phi) is 6.15. The van der Waals surface area contributed by atoms with E-state index in [0.29, 0.717) is 39.3 Å². The molecule has 1 aromatic rings. The Labute approximate surface area is 159 Å². The van der Waals surface area contributed by atoms with E-state index in [1.54, 1.807) is 0 Å². The average Bonchev–Trinajstić information content (AvgIpc) is 2.61. The minimum atomic E-state index is -3.64. The molecule has 1 amide bonds. The maximum Gasteiger partial charge on any atom is 0.243 e. The lowest BCUT2D eigenvalue weighted by molar-refractivity contribution is -0.144. The van der Waals surface area contributed by atoms with E-state index in [9.17, 15) is 17.6 Å². The number of hydrogen-bond donors (Lipinski definition) is 0. The van der Waals surface area contributed by atoms with Crippen LogP contribution in [0.15, 0.2) is 29.2 Å². The van der Waals surface area contributed by atoms with Crippen LogP contribution in [0.5, 0.6) is 0 Å². The number of nitrogens with zero attached hydrogens (tertiary/aromatic N) is 3. The van der Waals surface area contributed by atoms with Gasteiger partial charge >= 0.3 is 0 Å². The molecule has 0 N–H and O–H groups in total. The number of ether oxygens (including phenoxy) is 1. The number of hydrogen-bond acceptors (Lipinski definition) is 5. The third kappa shape index (κ3) is 4.84. The van der Waals surface area contributed by atoms with Gasteiger partial charge in [0.1, 0.15) is 5.82 Å². The molecule has 2 aliphatic heterocycles. The van der Waals surface area contributed by atoms with Crippen LogP contribution in [0.2, 0.25) is 0 Å². The molecule has 0 bridgehead atoms. The van der Waals surface area contributed by atoms with Gasteiger partial charge in [0.15, 0.2) is 0 Å². The Hall–Kier alpha value is -1.55. The zero-order valence-corrected chi connectivity index (χ0v) is 16.5. The van der Waals surface area contributed by atoms with Crippen molar-refractivity contribution < 1.29 is 22.3 Å². The molecule has 7 nitrogen and oxygen atoms in total. The molecule has 0 aliphatic carbocycles. The highest BCUT2D eigenvalue weighted by Crippen LogP contribution is 2.18. The van der Waals surface area contributed by atoms with Crippen molar-refractivity contribution in [3.8, 4) is 0 Å². The van der Waals surface area contributed by atoms with E-state index < -0.39 is 15.8 Å². The van der Waals surface area contributed by atoms with Gasteiger partial charge in [0, 0.05) is 39.3 Å². The molecular formula is C18H26FN3O4S. The third-order valence-electron chi connectivity index (χ3n) is 4.91. The van der Waals surface area contributed by atoms with Gasteiger partial charge in [0.25, 0.3) is 0 Å². The summed E-state index contributed by atoms with van der Waals surface area (Å²) in [4.78, 5) is 16.4. The molecule has 0 unspecified atom stereocenters. The van der Waals surface area contributed by atoms with E-state index >= 15 is 0 Å². The van der Waals surface area contributed by atoms with Gasteiger partial charge in [-0.15, -0.1) is 0 Å². The Bertz CT molecular complexity index is 753. The summed E-state index contributed by atoms with van der Waals surface area (Å²) in [5.41, 5.74) is 0. The summed E-state index contributed by atoms with van der Waals surface area (Å²) in [5.74, 6) is -0.420. The van der Waals surface area contributed by atoms with Crippen molar-refractivity contribution in [2.45, 2.75) is 31.0 Å². The van der Waals surface area contributed by atoms with E-state index in [2.05, 4.69) is 0 Å². The zero-order chi connectivity index (χ0) is 19.6. The fourth-order valence-corrected chi connectivity index (χ4v) is 4.98. The number of carbonyl (C=O) groups excluding carboxylic acids is 1. The first kappa shape index (κ1) is 20.2. The molecule has 0 saturated carbocycles. The van der Waals surface area contributed by atoms with Crippen molar-refractivity contribution >= 4 is 15.9 Å². The SMILES string of the molecule is C[C@@H]1CN(C(=O)CN2CCN(S(=O)(=O)c3ccc(F)cc3)CC2)C[C@H](C)O1. The predicted octanol–water partition coefficient (Wildman–Crippen LogP) is 0.768. The summed E-state index contributed by atoms with van der Waals surface area (Å²) in [6.45, 7) is 6.95. The first-order chi connectivity index (χ1) is 12.8.